The second-order valence-electron chi connectivity index (χ2n) is 12.8. The zero-order chi connectivity index (χ0) is 30.9. The van der Waals surface area contributed by atoms with Gasteiger partial charge in [0.1, 0.15) is 11.3 Å². The Bertz CT molecular complexity index is 2630. The van der Waals surface area contributed by atoms with Gasteiger partial charge in [-0.3, -0.25) is 0 Å². The molecule has 0 saturated heterocycles. The third-order valence-electron chi connectivity index (χ3n) is 10.2. The van der Waals surface area contributed by atoms with Gasteiger partial charge in [-0.25, -0.2) is 0 Å². The van der Waals surface area contributed by atoms with Crippen LogP contribution in [0.4, 0.5) is 0 Å². The molecule has 10 rings (SSSR count). The third kappa shape index (κ3) is 4.10. The van der Waals surface area contributed by atoms with Crippen LogP contribution < -0.4 is 0 Å². The molecule has 0 fully saturated rings. The van der Waals surface area contributed by atoms with Crippen LogP contribution in [0.2, 0.25) is 0 Å². The van der Waals surface area contributed by atoms with Gasteiger partial charge in [0.25, 0.3) is 0 Å². The van der Waals surface area contributed by atoms with Crippen LogP contribution in [0.3, 0.4) is 0 Å². The van der Waals surface area contributed by atoms with Gasteiger partial charge in [-0.2, -0.15) is 0 Å². The number of hydrogen-bond donors (Lipinski definition) is 0. The first kappa shape index (κ1) is 26.3. The summed E-state index contributed by atoms with van der Waals surface area (Å²) in [5.41, 5.74) is 9.55. The molecule has 0 radical (unpaired) electrons. The largest absolute Gasteiger partial charge is 0.460 e. The van der Waals surface area contributed by atoms with Crippen molar-refractivity contribution in [2.24, 2.45) is 5.92 Å². The van der Waals surface area contributed by atoms with Crippen molar-refractivity contribution in [1.29, 1.82) is 0 Å². The first-order valence-corrected chi connectivity index (χ1v) is 16.4. The molecule has 1 heterocycles. The van der Waals surface area contributed by atoms with Crippen LogP contribution in [0.25, 0.3) is 82.7 Å². The molecule has 0 N–H and O–H groups in total. The number of allylic oxidation sites excluding steroid dienone is 5. The van der Waals surface area contributed by atoms with E-state index in [4.69, 9.17) is 4.42 Å². The maximum atomic E-state index is 6.58. The molecule has 8 aromatic rings. The van der Waals surface area contributed by atoms with Crippen LogP contribution in [0.5, 0.6) is 0 Å². The molecular weight excluding hydrogens is 569 g/mol. The van der Waals surface area contributed by atoms with E-state index >= 15 is 0 Å². The molecule has 2 aliphatic carbocycles. The predicted molar refractivity (Wildman–Crippen MR) is 199 cm³/mol. The summed E-state index contributed by atoms with van der Waals surface area (Å²) >= 11 is 0. The number of benzene rings is 7. The summed E-state index contributed by atoms with van der Waals surface area (Å²) in [4.78, 5) is 0. The molecular formula is C46H30O. The lowest BCUT2D eigenvalue weighted by Crippen LogP contribution is -2.11. The number of hydrogen-bond acceptors (Lipinski definition) is 1. The van der Waals surface area contributed by atoms with Gasteiger partial charge in [-0.05, 0) is 90.0 Å². The molecule has 1 aromatic heterocycles. The highest BCUT2D eigenvalue weighted by Gasteiger charge is 2.29. The maximum absolute atomic E-state index is 6.58. The van der Waals surface area contributed by atoms with Gasteiger partial charge in [-0.15, -0.1) is 0 Å². The summed E-state index contributed by atoms with van der Waals surface area (Å²) in [5.74, 6) is 1.66. The van der Waals surface area contributed by atoms with E-state index in [1.54, 1.807) is 0 Å². The van der Waals surface area contributed by atoms with Crippen molar-refractivity contribution in [3.05, 3.63) is 175 Å². The molecule has 220 valence electrons. The van der Waals surface area contributed by atoms with E-state index in [1.807, 2.05) is 0 Å². The minimum Gasteiger partial charge on any atom is -0.460 e. The first-order valence-electron chi connectivity index (χ1n) is 16.4. The van der Waals surface area contributed by atoms with Crippen LogP contribution in [0.1, 0.15) is 17.2 Å². The summed E-state index contributed by atoms with van der Waals surface area (Å²) in [7, 11) is 0. The lowest BCUT2D eigenvalue weighted by molar-refractivity contribution is 0.492. The molecule has 0 spiro atoms. The number of furan rings is 1. The fraction of sp³-hybridized carbons (Fsp3) is 0.0435. The first-order chi connectivity index (χ1) is 23.3. The Hall–Kier alpha value is -5.92. The SMILES string of the molecule is C1=CC2C=Cc3c(oc4ccc(-c5c6ccccc6c(-c6ccccc6)c6ccc(-c7ccc8ccccc8c7)cc56)cc34)C2C=C1. The molecule has 0 bridgehead atoms. The summed E-state index contributed by atoms with van der Waals surface area (Å²) < 4.78 is 6.58. The highest BCUT2D eigenvalue weighted by atomic mass is 16.3. The standard InChI is InChI=1S/C46H30O/c1-2-12-31(13-3-1)44-37-16-8-9-17-38(37)45(42-27-34(21-23-39(42)44)33-19-18-29-10-4-5-14-32(29)26-33)35-22-25-43-41(28-35)40-24-20-30-11-6-7-15-36(30)46(40)47-43/h1-28,30,36H. The molecule has 1 heteroatoms. The normalized spacial score (nSPS) is 16.7. The quantitative estimate of drug-likeness (QED) is 0.184. The van der Waals surface area contributed by atoms with E-state index in [1.165, 1.54) is 76.6 Å². The summed E-state index contributed by atoms with van der Waals surface area (Å²) in [6, 6.07) is 48.9. The van der Waals surface area contributed by atoms with Crippen LogP contribution in [0, 0.1) is 5.92 Å². The topological polar surface area (TPSA) is 13.1 Å². The van der Waals surface area contributed by atoms with Crippen molar-refractivity contribution in [3.8, 4) is 33.4 Å². The van der Waals surface area contributed by atoms with Crippen molar-refractivity contribution >= 4 is 49.4 Å². The van der Waals surface area contributed by atoms with Gasteiger partial charge in [0.15, 0.2) is 0 Å². The van der Waals surface area contributed by atoms with E-state index in [2.05, 4.69) is 170 Å². The van der Waals surface area contributed by atoms with Crippen molar-refractivity contribution in [1.82, 2.24) is 0 Å². The van der Waals surface area contributed by atoms with Gasteiger partial charge in [-0.1, -0.05) is 146 Å². The average molecular weight is 599 g/mol. The van der Waals surface area contributed by atoms with Gasteiger partial charge in [0.2, 0.25) is 0 Å². The molecule has 0 amide bonds. The van der Waals surface area contributed by atoms with Crippen molar-refractivity contribution in [2.45, 2.75) is 5.92 Å². The molecule has 0 saturated carbocycles. The molecule has 2 aliphatic rings. The van der Waals surface area contributed by atoms with E-state index < -0.39 is 0 Å². The van der Waals surface area contributed by atoms with Crippen LogP contribution in [-0.4, -0.2) is 0 Å². The minimum absolute atomic E-state index is 0.243. The predicted octanol–water partition coefficient (Wildman–Crippen LogP) is 12.7. The smallest absolute Gasteiger partial charge is 0.134 e. The Balaban J connectivity index is 1.27. The number of fused-ring (bicyclic) bond motifs is 8. The van der Waals surface area contributed by atoms with Gasteiger partial charge in [0, 0.05) is 22.8 Å². The van der Waals surface area contributed by atoms with Crippen molar-refractivity contribution in [2.75, 3.05) is 0 Å². The van der Waals surface area contributed by atoms with Gasteiger partial charge in [0.05, 0.1) is 0 Å². The van der Waals surface area contributed by atoms with Crippen LogP contribution >= 0.6 is 0 Å². The minimum atomic E-state index is 0.243. The number of rotatable bonds is 3. The molecule has 2 atom stereocenters. The highest BCUT2D eigenvalue weighted by molar-refractivity contribution is 6.22. The van der Waals surface area contributed by atoms with Gasteiger partial charge >= 0.3 is 0 Å². The fourth-order valence-electron chi connectivity index (χ4n) is 7.94. The van der Waals surface area contributed by atoms with E-state index in [0.717, 1.165) is 11.3 Å². The molecule has 1 nitrogen and oxygen atoms in total. The van der Waals surface area contributed by atoms with Crippen molar-refractivity contribution < 1.29 is 4.42 Å². The average Bonchev–Trinajstić information content (AvgIpc) is 3.52. The van der Waals surface area contributed by atoms with Crippen LogP contribution in [-0.2, 0) is 0 Å². The summed E-state index contributed by atoms with van der Waals surface area (Å²) in [5, 5.41) is 8.70. The van der Waals surface area contributed by atoms with Crippen LogP contribution in [0.15, 0.2) is 168 Å². The Labute approximate surface area is 273 Å². The van der Waals surface area contributed by atoms with E-state index in [9.17, 15) is 0 Å². The van der Waals surface area contributed by atoms with Crippen molar-refractivity contribution in [3.63, 3.8) is 0 Å². The monoisotopic (exact) mass is 598 g/mol. The molecule has 2 unspecified atom stereocenters. The zero-order valence-electron chi connectivity index (χ0n) is 25.7. The maximum Gasteiger partial charge on any atom is 0.134 e. The van der Waals surface area contributed by atoms with Gasteiger partial charge < -0.3 is 4.42 Å². The van der Waals surface area contributed by atoms with E-state index in [-0.39, 0.29) is 5.92 Å². The highest BCUT2D eigenvalue weighted by Crippen LogP contribution is 2.47. The lowest BCUT2D eigenvalue weighted by atomic mass is 9.80. The molecule has 47 heavy (non-hydrogen) atoms. The zero-order valence-corrected chi connectivity index (χ0v) is 25.7. The Morgan fingerprint density at radius 2 is 1.09 bits per heavy atom. The molecule has 0 aliphatic heterocycles. The summed E-state index contributed by atoms with van der Waals surface area (Å²) in [6.45, 7) is 0. The second-order valence-corrected chi connectivity index (χ2v) is 12.8. The Morgan fingerprint density at radius 3 is 1.96 bits per heavy atom. The summed E-state index contributed by atoms with van der Waals surface area (Å²) in [6.07, 6.45) is 13.4. The lowest BCUT2D eigenvalue weighted by Gasteiger charge is -2.23. The Kier molecular flexibility index (Phi) is 5.77. The second kappa shape index (κ2) is 10.3. The third-order valence-corrected chi connectivity index (χ3v) is 10.2. The fourth-order valence-corrected chi connectivity index (χ4v) is 7.94. The molecule has 7 aromatic carbocycles. The van der Waals surface area contributed by atoms with E-state index in [0.29, 0.717) is 5.92 Å². The Morgan fingerprint density at radius 1 is 0.426 bits per heavy atom.